The topological polar surface area (TPSA) is 55.4 Å². The minimum Gasteiger partial charge on any atom is -0.457 e. The first-order valence-corrected chi connectivity index (χ1v) is 9.66. The third kappa shape index (κ3) is 5.11. The predicted molar refractivity (Wildman–Crippen MR) is 116 cm³/mol. The van der Waals surface area contributed by atoms with Gasteiger partial charge in [-0.05, 0) is 65.9 Å². The van der Waals surface area contributed by atoms with Gasteiger partial charge < -0.3 is 10.1 Å². The summed E-state index contributed by atoms with van der Waals surface area (Å²) in [5, 5.41) is 2.83. The van der Waals surface area contributed by atoms with E-state index in [1.54, 1.807) is 36.4 Å². The number of hydrogen-bond acceptors (Lipinski definition) is 3. The SMILES string of the molecule is CCC(C)(C)c1ccc(Oc2ccc(NC(=O)c3ccc(C=O)cc3)cc2)cc1. The summed E-state index contributed by atoms with van der Waals surface area (Å²) in [5.74, 6) is 1.23. The molecule has 0 aliphatic carbocycles. The van der Waals surface area contributed by atoms with Gasteiger partial charge in [-0.1, -0.05) is 45.0 Å². The Hall–Kier alpha value is -3.40. The van der Waals surface area contributed by atoms with Crippen LogP contribution in [0.1, 0.15) is 53.5 Å². The fraction of sp³-hybridized carbons (Fsp3) is 0.200. The molecule has 0 saturated carbocycles. The first-order chi connectivity index (χ1) is 13.9. The van der Waals surface area contributed by atoms with Crippen molar-refractivity contribution in [3.8, 4) is 11.5 Å². The number of hydrogen-bond donors (Lipinski definition) is 1. The van der Waals surface area contributed by atoms with Crippen LogP contribution < -0.4 is 10.1 Å². The lowest BCUT2D eigenvalue weighted by molar-refractivity contribution is 0.102. The molecular weight excluding hydrogens is 362 g/mol. The number of aldehydes is 1. The molecule has 0 fully saturated rings. The molecule has 0 atom stereocenters. The van der Waals surface area contributed by atoms with Crippen LogP contribution in [0.2, 0.25) is 0 Å². The summed E-state index contributed by atoms with van der Waals surface area (Å²) in [4.78, 5) is 23.0. The average Bonchev–Trinajstić information content (AvgIpc) is 2.75. The summed E-state index contributed by atoms with van der Waals surface area (Å²) < 4.78 is 5.90. The van der Waals surface area contributed by atoms with Crippen LogP contribution >= 0.6 is 0 Å². The summed E-state index contributed by atoms with van der Waals surface area (Å²) in [7, 11) is 0. The van der Waals surface area contributed by atoms with Gasteiger partial charge in [-0.2, -0.15) is 0 Å². The minimum absolute atomic E-state index is 0.145. The zero-order valence-electron chi connectivity index (χ0n) is 16.9. The first kappa shape index (κ1) is 20.3. The molecule has 0 bridgehead atoms. The van der Waals surface area contributed by atoms with E-state index in [0.717, 1.165) is 18.5 Å². The maximum atomic E-state index is 12.3. The van der Waals surface area contributed by atoms with Gasteiger partial charge in [0, 0.05) is 16.8 Å². The molecule has 0 radical (unpaired) electrons. The Morgan fingerprint density at radius 3 is 1.97 bits per heavy atom. The highest BCUT2D eigenvalue weighted by Gasteiger charge is 2.17. The molecule has 3 rings (SSSR count). The summed E-state index contributed by atoms with van der Waals surface area (Å²) in [5.41, 5.74) is 3.13. The Kier molecular flexibility index (Phi) is 6.13. The second kappa shape index (κ2) is 8.74. The fourth-order valence-corrected chi connectivity index (χ4v) is 2.84. The lowest BCUT2D eigenvalue weighted by Gasteiger charge is -2.23. The maximum absolute atomic E-state index is 12.3. The van der Waals surface area contributed by atoms with Crippen molar-refractivity contribution in [2.45, 2.75) is 32.6 Å². The molecule has 4 nitrogen and oxygen atoms in total. The average molecular weight is 387 g/mol. The minimum atomic E-state index is -0.231. The maximum Gasteiger partial charge on any atom is 0.255 e. The van der Waals surface area contributed by atoms with Crippen LogP contribution in [-0.4, -0.2) is 12.2 Å². The van der Waals surface area contributed by atoms with E-state index < -0.39 is 0 Å². The summed E-state index contributed by atoms with van der Waals surface area (Å²) in [6.07, 6.45) is 1.82. The van der Waals surface area contributed by atoms with Crippen LogP contribution in [-0.2, 0) is 5.41 Å². The number of benzene rings is 3. The van der Waals surface area contributed by atoms with E-state index in [1.807, 2.05) is 24.3 Å². The first-order valence-electron chi connectivity index (χ1n) is 9.66. The second-order valence-electron chi connectivity index (χ2n) is 7.58. The van der Waals surface area contributed by atoms with Gasteiger partial charge in [-0.25, -0.2) is 0 Å². The number of carbonyl (C=O) groups is 2. The van der Waals surface area contributed by atoms with Gasteiger partial charge >= 0.3 is 0 Å². The molecule has 0 heterocycles. The van der Waals surface area contributed by atoms with E-state index in [-0.39, 0.29) is 11.3 Å². The zero-order valence-corrected chi connectivity index (χ0v) is 16.9. The van der Waals surface area contributed by atoms with Crippen LogP contribution in [0.15, 0.2) is 72.8 Å². The van der Waals surface area contributed by atoms with Gasteiger partial charge in [-0.3, -0.25) is 9.59 Å². The number of rotatable bonds is 7. The van der Waals surface area contributed by atoms with Crippen molar-refractivity contribution in [1.82, 2.24) is 0 Å². The Morgan fingerprint density at radius 2 is 1.45 bits per heavy atom. The number of anilines is 1. The van der Waals surface area contributed by atoms with E-state index in [4.69, 9.17) is 4.74 Å². The molecule has 0 aromatic heterocycles. The van der Waals surface area contributed by atoms with Crippen molar-refractivity contribution in [3.63, 3.8) is 0 Å². The van der Waals surface area contributed by atoms with E-state index in [1.165, 1.54) is 5.56 Å². The lowest BCUT2D eigenvalue weighted by atomic mass is 9.82. The number of amides is 1. The van der Waals surface area contributed by atoms with Crippen molar-refractivity contribution in [2.75, 3.05) is 5.32 Å². The predicted octanol–water partition coefficient (Wildman–Crippen LogP) is 6.23. The van der Waals surface area contributed by atoms with Crippen molar-refractivity contribution >= 4 is 17.9 Å². The van der Waals surface area contributed by atoms with Gasteiger partial charge in [0.15, 0.2) is 0 Å². The fourth-order valence-electron chi connectivity index (χ4n) is 2.84. The molecule has 0 aliphatic rings. The van der Waals surface area contributed by atoms with E-state index >= 15 is 0 Å². The van der Waals surface area contributed by atoms with Crippen LogP contribution in [0, 0.1) is 0 Å². The molecule has 3 aromatic rings. The molecule has 0 spiro atoms. The molecule has 0 unspecified atom stereocenters. The number of ether oxygens (including phenoxy) is 1. The zero-order chi connectivity index (χ0) is 20.9. The molecular formula is C25H25NO3. The smallest absolute Gasteiger partial charge is 0.255 e. The monoisotopic (exact) mass is 387 g/mol. The van der Waals surface area contributed by atoms with Gasteiger partial charge in [0.05, 0.1) is 0 Å². The van der Waals surface area contributed by atoms with Gasteiger partial charge in [0.1, 0.15) is 17.8 Å². The highest BCUT2D eigenvalue weighted by Crippen LogP contribution is 2.30. The normalized spacial score (nSPS) is 11.0. The lowest BCUT2D eigenvalue weighted by Crippen LogP contribution is -2.14. The number of nitrogens with one attached hydrogen (secondary N) is 1. The molecule has 0 saturated heterocycles. The van der Waals surface area contributed by atoms with Gasteiger partial charge in [0.2, 0.25) is 0 Å². The van der Waals surface area contributed by atoms with Crippen LogP contribution in [0.25, 0.3) is 0 Å². The third-order valence-electron chi connectivity index (χ3n) is 5.18. The Bertz CT molecular complexity index is 972. The third-order valence-corrected chi connectivity index (χ3v) is 5.18. The highest BCUT2D eigenvalue weighted by molar-refractivity contribution is 6.04. The molecule has 1 N–H and O–H groups in total. The summed E-state index contributed by atoms with van der Waals surface area (Å²) >= 11 is 0. The van der Waals surface area contributed by atoms with Crippen molar-refractivity contribution in [2.24, 2.45) is 0 Å². The van der Waals surface area contributed by atoms with Crippen molar-refractivity contribution in [3.05, 3.63) is 89.5 Å². The molecule has 3 aromatic carbocycles. The Morgan fingerprint density at radius 1 is 0.897 bits per heavy atom. The molecule has 148 valence electrons. The van der Waals surface area contributed by atoms with Gasteiger partial charge in [0.25, 0.3) is 5.91 Å². The van der Waals surface area contributed by atoms with E-state index in [2.05, 4.69) is 38.2 Å². The van der Waals surface area contributed by atoms with E-state index in [9.17, 15) is 9.59 Å². The van der Waals surface area contributed by atoms with Crippen molar-refractivity contribution in [1.29, 1.82) is 0 Å². The molecule has 29 heavy (non-hydrogen) atoms. The van der Waals surface area contributed by atoms with Crippen LogP contribution in [0.3, 0.4) is 0 Å². The quantitative estimate of drug-likeness (QED) is 0.489. The highest BCUT2D eigenvalue weighted by atomic mass is 16.5. The van der Waals surface area contributed by atoms with Crippen LogP contribution in [0.5, 0.6) is 11.5 Å². The Balaban J connectivity index is 1.62. The summed E-state index contributed by atoms with van der Waals surface area (Å²) in [6, 6.07) is 21.9. The summed E-state index contributed by atoms with van der Waals surface area (Å²) in [6.45, 7) is 6.64. The standard InChI is InChI=1S/C25H25NO3/c1-4-25(2,3)20-9-13-22(14-10-20)29-23-15-11-21(12-16-23)26-24(28)19-7-5-18(17-27)6-8-19/h5-17H,4H2,1-3H3,(H,26,28). The van der Waals surface area contributed by atoms with E-state index in [0.29, 0.717) is 22.6 Å². The molecule has 1 amide bonds. The van der Waals surface area contributed by atoms with Gasteiger partial charge in [-0.15, -0.1) is 0 Å². The second-order valence-corrected chi connectivity index (χ2v) is 7.58. The van der Waals surface area contributed by atoms with Crippen LogP contribution in [0.4, 0.5) is 5.69 Å². The molecule has 4 heteroatoms. The number of carbonyl (C=O) groups excluding carboxylic acids is 2. The van der Waals surface area contributed by atoms with Crippen molar-refractivity contribution < 1.29 is 14.3 Å². The molecule has 0 aliphatic heterocycles. The Labute approximate surface area is 171 Å². The largest absolute Gasteiger partial charge is 0.457 e.